The van der Waals surface area contributed by atoms with Crippen LogP contribution in [0.2, 0.25) is 0 Å². The maximum Gasteiger partial charge on any atom is 0.305 e. The van der Waals surface area contributed by atoms with Crippen molar-refractivity contribution in [1.29, 1.82) is 0 Å². The molecule has 0 bridgehead atoms. The Morgan fingerprint density at radius 1 is 1.45 bits per heavy atom. The third-order valence-corrected chi connectivity index (χ3v) is 3.87. The van der Waals surface area contributed by atoms with Crippen LogP contribution in [0.15, 0.2) is 12.2 Å². The molecule has 0 aromatic rings. The number of unbranched alkanes of at least 4 members (excludes halogenated alkanes) is 1. The van der Waals surface area contributed by atoms with Crippen molar-refractivity contribution in [2.24, 2.45) is 11.8 Å². The van der Waals surface area contributed by atoms with Crippen LogP contribution >= 0.6 is 0 Å². The molecule has 0 amide bonds. The number of nitro groups is 1. The Balaban J connectivity index is 2.27. The Morgan fingerprint density at radius 3 is 2.85 bits per heavy atom. The maximum absolute atomic E-state index is 10.9. The normalized spacial score (nSPS) is 26.0. The molecule has 1 fully saturated rings. The van der Waals surface area contributed by atoms with Crippen molar-refractivity contribution in [3.05, 3.63) is 22.3 Å². The first-order chi connectivity index (χ1) is 9.54. The molecular formula is C14H23NO5. The van der Waals surface area contributed by atoms with Crippen LogP contribution in [0.5, 0.6) is 0 Å². The summed E-state index contributed by atoms with van der Waals surface area (Å²) in [4.78, 5) is 21.2. The van der Waals surface area contributed by atoms with Crippen molar-refractivity contribution in [3.63, 3.8) is 0 Å². The van der Waals surface area contributed by atoms with Gasteiger partial charge in [-0.15, -0.1) is 0 Å². The smallest absolute Gasteiger partial charge is 0.305 e. The lowest BCUT2D eigenvalue weighted by Gasteiger charge is -2.17. The van der Waals surface area contributed by atoms with Gasteiger partial charge in [0.25, 0.3) is 0 Å². The van der Waals surface area contributed by atoms with Crippen molar-refractivity contribution < 1.29 is 19.6 Å². The lowest BCUT2D eigenvalue weighted by Crippen LogP contribution is -2.23. The topological polar surface area (TPSA) is 89.7 Å². The van der Waals surface area contributed by atoms with Crippen molar-refractivity contribution in [2.45, 2.75) is 44.6 Å². The number of rotatable bonds is 8. The second kappa shape index (κ2) is 8.68. The van der Waals surface area contributed by atoms with Gasteiger partial charge in [0.15, 0.2) is 0 Å². The molecule has 6 nitrogen and oxygen atoms in total. The van der Waals surface area contributed by atoms with E-state index >= 15 is 0 Å². The molecule has 1 saturated carbocycles. The van der Waals surface area contributed by atoms with Crippen LogP contribution in [0.4, 0.5) is 0 Å². The average molecular weight is 285 g/mol. The van der Waals surface area contributed by atoms with Crippen LogP contribution in [-0.2, 0) is 9.53 Å². The van der Waals surface area contributed by atoms with E-state index in [2.05, 4.69) is 4.74 Å². The lowest BCUT2D eigenvalue weighted by atomic mass is 9.91. The molecule has 1 rings (SSSR count). The van der Waals surface area contributed by atoms with Crippen LogP contribution in [-0.4, -0.2) is 35.8 Å². The summed E-state index contributed by atoms with van der Waals surface area (Å²) in [5.41, 5.74) is 0. The maximum atomic E-state index is 10.9. The highest BCUT2D eigenvalue weighted by Gasteiger charge is 2.36. The van der Waals surface area contributed by atoms with Gasteiger partial charge in [0.05, 0.1) is 13.2 Å². The van der Waals surface area contributed by atoms with Crippen LogP contribution in [0.3, 0.4) is 0 Å². The molecule has 114 valence electrons. The second-order valence-electron chi connectivity index (χ2n) is 5.26. The molecule has 0 aromatic heterocycles. The molecular weight excluding hydrogens is 262 g/mol. The Kier molecular flexibility index (Phi) is 7.22. The van der Waals surface area contributed by atoms with Crippen LogP contribution in [0.25, 0.3) is 0 Å². The van der Waals surface area contributed by atoms with E-state index in [4.69, 9.17) is 0 Å². The number of hydrogen-bond acceptors (Lipinski definition) is 5. The Morgan fingerprint density at radius 2 is 2.20 bits per heavy atom. The minimum atomic E-state index is -0.431. The highest BCUT2D eigenvalue weighted by atomic mass is 16.6. The van der Waals surface area contributed by atoms with E-state index in [0.717, 1.165) is 19.3 Å². The van der Waals surface area contributed by atoms with E-state index in [1.807, 2.05) is 12.2 Å². The Labute approximate surface area is 119 Å². The summed E-state index contributed by atoms with van der Waals surface area (Å²) in [6, 6.07) is 0. The van der Waals surface area contributed by atoms with Crippen molar-refractivity contribution in [1.82, 2.24) is 0 Å². The van der Waals surface area contributed by atoms with Crippen LogP contribution < -0.4 is 0 Å². The standard InChI is InChI=1S/C14H23NO5/c1-20-14(17)7-5-3-2-4-6-12-11(10-15(18)19)8-9-13(12)16/h2,4,11-13,16H,3,5-10H2,1H3. The van der Waals surface area contributed by atoms with Gasteiger partial charge in [-0.3, -0.25) is 14.9 Å². The van der Waals surface area contributed by atoms with E-state index in [-0.39, 0.29) is 29.3 Å². The predicted molar refractivity (Wildman–Crippen MR) is 73.7 cm³/mol. The minimum absolute atomic E-state index is 0.0164. The Bertz CT molecular complexity index is 355. The second-order valence-corrected chi connectivity index (χ2v) is 5.26. The van der Waals surface area contributed by atoms with Gasteiger partial charge < -0.3 is 9.84 Å². The summed E-state index contributed by atoms with van der Waals surface area (Å²) in [5.74, 6) is -0.257. The fraction of sp³-hybridized carbons (Fsp3) is 0.786. The zero-order chi connectivity index (χ0) is 15.0. The minimum Gasteiger partial charge on any atom is -0.469 e. The number of aliphatic hydroxyl groups is 1. The molecule has 0 spiro atoms. The Hall–Kier alpha value is -1.43. The van der Waals surface area contributed by atoms with Crippen LogP contribution in [0, 0.1) is 22.0 Å². The molecule has 0 aliphatic heterocycles. The van der Waals surface area contributed by atoms with Gasteiger partial charge in [0.2, 0.25) is 6.54 Å². The number of aliphatic hydroxyl groups excluding tert-OH is 1. The van der Waals surface area contributed by atoms with Gasteiger partial charge in [-0.2, -0.15) is 0 Å². The SMILES string of the molecule is COC(=O)CCCC=CCC1C(O)CCC1C[N+](=O)[O-]. The first kappa shape index (κ1) is 16.6. The van der Waals surface area contributed by atoms with Gasteiger partial charge in [-0.1, -0.05) is 12.2 Å². The summed E-state index contributed by atoms with van der Waals surface area (Å²) < 4.78 is 4.54. The third kappa shape index (κ3) is 5.69. The monoisotopic (exact) mass is 285 g/mol. The zero-order valence-electron chi connectivity index (χ0n) is 11.9. The molecule has 3 atom stereocenters. The first-order valence-electron chi connectivity index (χ1n) is 7.06. The third-order valence-electron chi connectivity index (χ3n) is 3.87. The molecule has 1 N–H and O–H groups in total. The van der Waals surface area contributed by atoms with Crippen molar-refractivity contribution in [2.75, 3.05) is 13.7 Å². The number of carbonyl (C=O) groups is 1. The van der Waals surface area contributed by atoms with E-state index in [1.54, 1.807) is 0 Å². The summed E-state index contributed by atoms with van der Waals surface area (Å²) in [6.07, 6.45) is 7.45. The van der Waals surface area contributed by atoms with Crippen LogP contribution in [0.1, 0.15) is 38.5 Å². The molecule has 3 unspecified atom stereocenters. The van der Waals surface area contributed by atoms with E-state index < -0.39 is 6.10 Å². The fourth-order valence-electron chi connectivity index (χ4n) is 2.73. The summed E-state index contributed by atoms with van der Waals surface area (Å²) >= 11 is 0. The molecule has 0 aromatic carbocycles. The van der Waals surface area contributed by atoms with Crippen molar-refractivity contribution >= 4 is 5.97 Å². The number of carbonyl (C=O) groups excluding carboxylic acids is 1. The van der Waals surface area contributed by atoms with Gasteiger partial charge >= 0.3 is 5.97 Å². The van der Waals surface area contributed by atoms with Gasteiger partial charge in [-0.05, 0) is 38.0 Å². The van der Waals surface area contributed by atoms with E-state index in [0.29, 0.717) is 19.3 Å². The summed E-state index contributed by atoms with van der Waals surface area (Å²) in [7, 11) is 1.37. The summed E-state index contributed by atoms with van der Waals surface area (Å²) in [6.45, 7) is -0.0576. The number of esters is 1. The lowest BCUT2D eigenvalue weighted by molar-refractivity contribution is -0.489. The highest BCUT2D eigenvalue weighted by molar-refractivity contribution is 5.68. The number of hydrogen-bond donors (Lipinski definition) is 1. The molecule has 1 aliphatic carbocycles. The van der Waals surface area contributed by atoms with Gasteiger partial charge in [0, 0.05) is 17.3 Å². The molecule has 1 aliphatic rings. The average Bonchev–Trinajstić information content (AvgIpc) is 2.74. The molecule has 0 saturated heterocycles. The number of allylic oxidation sites excluding steroid dienone is 2. The fourth-order valence-corrected chi connectivity index (χ4v) is 2.73. The molecule has 20 heavy (non-hydrogen) atoms. The summed E-state index contributed by atoms with van der Waals surface area (Å²) in [5, 5.41) is 20.4. The van der Waals surface area contributed by atoms with E-state index in [9.17, 15) is 20.0 Å². The molecule has 0 heterocycles. The molecule has 0 radical (unpaired) electrons. The highest BCUT2D eigenvalue weighted by Crippen LogP contribution is 2.34. The number of methoxy groups -OCH3 is 1. The quantitative estimate of drug-likeness (QED) is 0.242. The number of ether oxygens (including phenoxy) is 1. The largest absolute Gasteiger partial charge is 0.469 e. The number of nitrogens with zero attached hydrogens (tertiary/aromatic N) is 1. The van der Waals surface area contributed by atoms with Gasteiger partial charge in [0.1, 0.15) is 0 Å². The molecule has 6 heteroatoms. The van der Waals surface area contributed by atoms with Gasteiger partial charge in [-0.25, -0.2) is 0 Å². The van der Waals surface area contributed by atoms with Crippen molar-refractivity contribution in [3.8, 4) is 0 Å². The predicted octanol–water partition coefficient (Wildman–Crippen LogP) is 1.94. The first-order valence-corrected chi connectivity index (χ1v) is 7.06. The zero-order valence-corrected chi connectivity index (χ0v) is 11.9. The van der Waals surface area contributed by atoms with E-state index in [1.165, 1.54) is 7.11 Å².